The summed E-state index contributed by atoms with van der Waals surface area (Å²) in [6, 6.07) is 7.63. The highest BCUT2D eigenvalue weighted by Crippen LogP contribution is 2.11. The van der Waals surface area contributed by atoms with Crippen LogP contribution in [0, 0.1) is 0 Å². The molecule has 0 spiro atoms. The van der Waals surface area contributed by atoms with Gasteiger partial charge in [-0.3, -0.25) is 4.79 Å². The van der Waals surface area contributed by atoms with Gasteiger partial charge in [0.25, 0.3) is 0 Å². The van der Waals surface area contributed by atoms with Gasteiger partial charge in [-0.2, -0.15) is 15.4 Å². The molecule has 1 aromatic heterocycles. The van der Waals surface area contributed by atoms with Gasteiger partial charge in [-0.1, -0.05) is 28.1 Å². The lowest BCUT2D eigenvalue weighted by molar-refractivity contribution is 0.0988. The van der Waals surface area contributed by atoms with E-state index < -0.39 is 0 Å². The second kappa shape index (κ2) is 4.35. The molecule has 0 saturated heterocycles. The SMILES string of the molecule is O=C(Cc1ccc(Br)cc1)c1cn[nH]n1. The Hall–Kier alpha value is -1.49. The van der Waals surface area contributed by atoms with Gasteiger partial charge in [0.2, 0.25) is 0 Å². The van der Waals surface area contributed by atoms with Crippen molar-refractivity contribution in [1.82, 2.24) is 15.4 Å². The van der Waals surface area contributed by atoms with Crippen LogP contribution < -0.4 is 0 Å². The molecule has 1 aromatic carbocycles. The zero-order valence-electron chi connectivity index (χ0n) is 7.77. The lowest BCUT2D eigenvalue weighted by Crippen LogP contribution is -2.03. The number of carbonyl (C=O) groups is 1. The molecule has 0 amide bonds. The molecule has 0 atom stereocenters. The van der Waals surface area contributed by atoms with Gasteiger partial charge in [0.15, 0.2) is 5.78 Å². The Morgan fingerprint density at radius 3 is 2.67 bits per heavy atom. The number of hydrogen-bond acceptors (Lipinski definition) is 3. The minimum atomic E-state index is -0.0360. The summed E-state index contributed by atoms with van der Waals surface area (Å²) in [5, 5.41) is 9.75. The minimum Gasteiger partial charge on any atom is -0.292 e. The first-order valence-electron chi connectivity index (χ1n) is 4.39. The van der Waals surface area contributed by atoms with Gasteiger partial charge in [0.05, 0.1) is 6.20 Å². The number of Topliss-reactive ketones (excluding diaryl/α,β-unsaturated/α-hetero) is 1. The average molecular weight is 266 g/mol. The predicted molar refractivity (Wildman–Crippen MR) is 58.6 cm³/mol. The zero-order chi connectivity index (χ0) is 10.7. The Morgan fingerprint density at radius 2 is 2.07 bits per heavy atom. The van der Waals surface area contributed by atoms with Crippen LogP contribution in [0.3, 0.4) is 0 Å². The first kappa shape index (κ1) is 10.0. The van der Waals surface area contributed by atoms with E-state index in [9.17, 15) is 4.79 Å². The molecule has 0 aliphatic rings. The fourth-order valence-corrected chi connectivity index (χ4v) is 1.48. The maximum absolute atomic E-state index is 11.6. The molecule has 0 saturated carbocycles. The second-order valence-corrected chi connectivity index (χ2v) is 4.00. The van der Waals surface area contributed by atoms with Crippen LogP contribution in [0.5, 0.6) is 0 Å². The van der Waals surface area contributed by atoms with Gasteiger partial charge in [0, 0.05) is 10.9 Å². The van der Waals surface area contributed by atoms with Crippen LogP contribution in [0.15, 0.2) is 34.9 Å². The molecule has 1 heterocycles. The number of carbonyl (C=O) groups excluding carboxylic acids is 1. The van der Waals surface area contributed by atoms with E-state index in [4.69, 9.17) is 0 Å². The van der Waals surface area contributed by atoms with E-state index in [-0.39, 0.29) is 5.78 Å². The molecule has 0 bridgehead atoms. The van der Waals surface area contributed by atoms with Gasteiger partial charge >= 0.3 is 0 Å². The molecule has 2 rings (SSSR count). The van der Waals surface area contributed by atoms with E-state index >= 15 is 0 Å². The third-order valence-corrected chi connectivity index (χ3v) is 2.51. The molecule has 15 heavy (non-hydrogen) atoms. The Labute approximate surface area is 94.8 Å². The summed E-state index contributed by atoms with van der Waals surface area (Å²) in [6.45, 7) is 0. The number of nitrogens with zero attached hydrogens (tertiary/aromatic N) is 2. The summed E-state index contributed by atoms with van der Waals surface area (Å²) >= 11 is 3.34. The Kier molecular flexibility index (Phi) is 2.91. The number of halogens is 1. The summed E-state index contributed by atoms with van der Waals surface area (Å²) in [7, 11) is 0. The second-order valence-electron chi connectivity index (χ2n) is 3.08. The molecule has 0 aliphatic carbocycles. The topological polar surface area (TPSA) is 58.6 Å². The monoisotopic (exact) mass is 265 g/mol. The van der Waals surface area contributed by atoms with Crippen LogP contribution in [-0.2, 0) is 6.42 Å². The van der Waals surface area contributed by atoms with Crippen molar-refractivity contribution in [3.63, 3.8) is 0 Å². The Bertz CT molecular complexity index is 450. The van der Waals surface area contributed by atoms with Crippen molar-refractivity contribution >= 4 is 21.7 Å². The van der Waals surface area contributed by atoms with Gasteiger partial charge in [-0.15, -0.1) is 0 Å². The van der Waals surface area contributed by atoms with Crippen molar-refractivity contribution in [3.8, 4) is 0 Å². The van der Waals surface area contributed by atoms with Gasteiger partial charge in [-0.05, 0) is 17.7 Å². The van der Waals surface area contributed by atoms with E-state index in [1.165, 1.54) is 6.20 Å². The lowest BCUT2D eigenvalue weighted by Gasteiger charge is -1.98. The van der Waals surface area contributed by atoms with Crippen molar-refractivity contribution in [2.24, 2.45) is 0 Å². The predicted octanol–water partition coefficient (Wildman–Crippen LogP) is 1.99. The lowest BCUT2D eigenvalue weighted by atomic mass is 10.1. The number of hydrogen-bond donors (Lipinski definition) is 1. The molecule has 4 nitrogen and oxygen atoms in total. The highest BCUT2D eigenvalue weighted by Gasteiger charge is 2.09. The van der Waals surface area contributed by atoms with Crippen molar-refractivity contribution in [3.05, 3.63) is 46.2 Å². The van der Waals surface area contributed by atoms with E-state index in [0.717, 1.165) is 10.0 Å². The largest absolute Gasteiger partial charge is 0.292 e. The van der Waals surface area contributed by atoms with Crippen LogP contribution in [-0.4, -0.2) is 21.2 Å². The van der Waals surface area contributed by atoms with Gasteiger partial charge in [-0.25, -0.2) is 0 Å². The van der Waals surface area contributed by atoms with Crippen molar-refractivity contribution in [2.75, 3.05) is 0 Å². The summed E-state index contributed by atoms with van der Waals surface area (Å²) in [5.41, 5.74) is 1.34. The molecular weight excluding hydrogens is 258 g/mol. The molecule has 0 unspecified atom stereocenters. The first-order valence-corrected chi connectivity index (χ1v) is 5.18. The minimum absolute atomic E-state index is 0.0360. The highest BCUT2D eigenvalue weighted by atomic mass is 79.9. The van der Waals surface area contributed by atoms with E-state index in [2.05, 4.69) is 31.3 Å². The number of aromatic nitrogens is 3. The highest BCUT2D eigenvalue weighted by molar-refractivity contribution is 9.10. The number of rotatable bonds is 3. The van der Waals surface area contributed by atoms with E-state index in [0.29, 0.717) is 12.1 Å². The quantitative estimate of drug-likeness (QED) is 0.864. The molecule has 76 valence electrons. The Morgan fingerprint density at radius 1 is 1.33 bits per heavy atom. The van der Waals surface area contributed by atoms with Crippen molar-refractivity contribution in [2.45, 2.75) is 6.42 Å². The number of H-pyrrole nitrogens is 1. The molecule has 0 aliphatic heterocycles. The fraction of sp³-hybridized carbons (Fsp3) is 0.100. The number of benzene rings is 1. The molecule has 0 radical (unpaired) electrons. The van der Waals surface area contributed by atoms with Crippen LogP contribution in [0.2, 0.25) is 0 Å². The summed E-state index contributed by atoms with van der Waals surface area (Å²) in [6.07, 6.45) is 1.78. The zero-order valence-corrected chi connectivity index (χ0v) is 9.36. The van der Waals surface area contributed by atoms with Crippen molar-refractivity contribution < 1.29 is 4.79 Å². The maximum Gasteiger partial charge on any atom is 0.189 e. The number of nitrogens with one attached hydrogen (secondary N) is 1. The standard InChI is InChI=1S/C10H8BrN3O/c11-8-3-1-7(2-4-8)5-10(15)9-6-12-14-13-9/h1-4,6H,5H2,(H,12,13,14). The van der Waals surface area contributed by atoms with Crippen LogP contribution in [0.1, 0.15) is 16.1 Å². The van der Waals surface area contributed by atoms with Crippen LogP contribution >= 0.6 is 15.9 Å². The molecule has 0 fully saturated rings. The Balaban J connectivity index is 2.09. The summed E-state index contributed by atoms with van der Waals surface area (Å²) in [4.78, 5) is 11.6. The molecule has 5 heteroatoms. The molecule has 1 N–H and O–H groups in total. The molecular formula is C10H8BrN3O. The summed E-state index contributed by atoms with van der Waals surface area (Å²) in [5.74, 6) is -0.0360. The number of ketones is 1. The third kappa shape index (κ3) is 2.50. The normalized spacial score (nSPS) is 10.2. The summed E-state index contributed by atoms with van der Waals surface area (Å²) < 4.78 is 1.00. The fourth-order valence-electron chi connectivity index (χ4n) is 1.21. The number of aromatic amines is 1. The third-order valence-electron chi connectivity index (χ3n) is 1.98. The van der Waals surface area contributed by atoms with Gasteiger partial charge in [0.1, 0.15) is 5.69 Å². The van der Waals surface area contributed by atoms with E-state index in [1.807, 2.05) is 24.3 Å². The first-order chi connectivity index (χ1) is 7.25. The molecule has 2 aromatic rings. The average Bonchev–Trinajstić information content (AvgIpc) is 2.74. The van der Waals surface area contributed by atoms with Crippen LogP contribution in [0.25, 0.3) is 0 Å². The van der Waals surface area contributed by atoms with E-state index in [1.54, 1.807) is 0 Å². The maximum atomic E-state index is 11.6. The van der Waals surface area contributed by atoms with Crippen molar-refractivity contribution in [1.29, 1.82) is 0 Å². The van der Waals surface area contributed by atoms with Crippen LogP contribution in [0.4, 0.5) is 0 Å². The van der Waals surface area contributed by atoms with Gasteiger partial charge < -0.3 is 0 Å². The smallest absolute Gasteiger partial charge is 0.189 e.